The van der Waals surface area contributed by atoms with Crippen LogP contribution in [0.15, 0.2) is 45.8 Å². The van der Waals surface area contributed by atoms with Crippen LogP contribution >= 0.6 is 0 Å². The lowest BCUT2D eigenvalue weighted by atomic mass is 9.99. The third-order valence-electron chi connectivity index (χ3n) is 3.62. The molecule has 0 amide bonds. The summed E-state index contributed by atoms with van der Waals surface area (Å²) in [6.45, 7) is 1.53. The van der Waals surface area contributed by atoms with Gasteiger partial charge >= 0.3 is 0 Å². The van der Waals surface area contributed by atoms with E-state index in [0.717, 1.165) is 18.4 Å². The monoisotopic (exact) mass is 367 g/mol. The maximum atomic E-state index is 14.2. The Balaban J connectivity index is 2.24. The van der Waals surface area contributed by atoms with Crippen LogP contribution in [0.5, 0.6) is 0 Å². The summed E-state index contributed by atoms with van der Waals surface area (Å²) >= 11 is 0. The smallest absolute Gasteiger partial charge is 0.181 e. The van der Waals surface area contributed by atoms with Gasteiger partial charge in [0.15, 0.2) is 9.84 Å². The Kier molecular flexibility index (Phi) is 4.16. The molecule has 0 bridgehead atoms. The second-order valence-electron chi connectivity index (χ2n) is 5.51. The van der Waals surface area contributed by atoms with Crippen molar-refractivity contribution in [2.24, 2.45) is 0 Å². The minimum absolute atomic E-state index is 0.0420. The van der Waals surface area contributed by atoms with Crippen LogP contribution in [0.1, 0.15) is 5.76 Å². The van der Waals surface area contributed by atoms with E-state index in [1.165, 1.54) is 25.1 Å². The van der Waals surface area contributed by atoms with Crippen LogP contribution in [0.4, 0.5) is 13.2 Å². The highest BCUT2D eigenvalue weighted by Crippen LogP contribution is 2.36. The minimum atomic E-state index is -4.07. The predicted octanol–water partition coefficient (Wildman–Crippen LogP) is 4.14. The average Bonchev–Trinajstić information content (AvgIpc) is 2.86. The van der Waals surface area contributed by atoms with E-state index in [-0.39, 0.29) is 22.6 Å². The lowest BCUT2D eigenvalue weighted by molar-refractivity contribution is 0.400. The Morgan fingerprint density at radius 2 is 1.64 bits per heavy atom. The van der Waals surface area contributed by atoms with Crippen LogP contribution in [0, 0.1) is 24.4 Å². The van der Waals surface area contributed by atoms with Crippen molar-refractivity contribution in [2.75, 3.05) is 6.26 Å². The molecule has 0 atom stereocenters. The number of aryl methyl sites for hydroxylation is 1. The lowest BCUT2D eigenvalue weighted by Gasteiger charge is -2.08. The maximum Gasteiger partial charge on any atom is 0.181 e. The second-order valence-corrected chi connectivity index (χ2v) is 7.47. The van der Waals surface area contributed by atoms with Crippen LogP contribution in [0.25, 0.3) is 22.4 Å². The van der Waals surface area contributed by atoms with Crippen molar-refractivity contribution in [1.29, 1.82) is 0 Å². The van der Waals surface area contributed by atoms with Gasteiger partial charge in [-0.1, -0.05) is 17.3 Å². The van der Waals surface area contributed by atoms with Gasteiger partial charge in [0.05, 0.1) is 5.56 Å². The van der Waals surface area contributed by atoms with Crippen molar-refractivity contribution in [3.63, 3.8) is 0 Å². The molecule has 4 nitrogen and oxygen atoms in total. The molecule has 0 radical (unpaired) electrons. The van der Waals surface area contributed by atoms with Crippen LogP contribution in [-0.2, 0) is 9.84 Å². The van der Waals surface area contributed by atoms with Gasteiger partial charge in [-0.15, -0.1) is 0 Å². The van der Waals surface area contributed by atoms with Gasteiger partial charge in [0.1, 0.15) is 33.8 Å². The number of hydrogen-bond donors (Lipinski definition) is 0. The summed E-state index contributed by atoms with van der Waals surface area (Å²) in [7, 11) is -4.07. The van der Waals surface area contributed by atoms with Gasteiger partial charge in [0, 0.05) is 11.8 Å². The Morgan fingerprint density at radius 3 is 2.20 bits per heavy atom. The molecule has 25 heavy (non-hydrogen) atoms. The number of rotatable bonds is 3. The fourth-order valence-electron chi connectivity index (χ4n) is 2.60. The first-order chi connectivity index (χ1) is 11.7. The highest BCUT2D eigenvalue weighted by Gasteiger charge is 2.24. The van der Waals surface area contributed by atoms with Crippen molar-refractivity contribution in [3.05, 3.63) is 59.6 Å². The average molecular weight is 367 g/mol. The van der Waals surface area contributed by atoms with Gasteiger partial charge in [0.25, 0.3) is 0 Å². The number of hydrogen-bond acceptors (Lipinski definition) is 4. The standard InChI is InChI=1S/C17H12F3NO3S/c1-9-15(16(21-24-9)10-4-3-5-12(18)6-10)11-7-13(19)17(14(20)8-11)25(2,22)23/h3-8H,1-2H3. The number of aromatic nitrogens is 1. The Morgan fingerprint density at radius 1 is 1.00 bits per heavy atom. The summed E-state index contributed by atoms with van der Waals surface area (Å²) in [5, 5.41) is 3.83. The van der Waals surface area contributed by atoms with Gasteiger partial charge in [-0.25, -0.2) is 21.6 Å². The van der Waals surface area contributed by atoms with Crippen molar-refractivity contribution >= 4 is 9.84 Å². The molecule has 0 aliphatic carbocycles. The Hall–Kier alpha value is -2.61. The molecule has 0 N–H and O–H groups in total. The topological polar surface area (TPSA) is 60.2 Å². The molecule has 0 aliphatic heterocycles. The van der Waals surface area contributed by atoms with E-state index in [9.17, 15) is 21.6 Å². The summed E-state index contributed by atoms with van der Waals surface area (Å²) in [6.07, 6.45) is 0.719. The second kappa shape index (κ2) is 6.03. The van der Waals surface area contributed by atoms with E-state index >= 15 is 0 Å². The molecule has 0 aliphatic rings. The maximum absolute atomic E-state index is 14.2. The van der Waals surface area contributed by atoms with Crippen LogP contribution < -0.4 is 0 Å². The quantitative estimate of drug-likeness (QED) is 0.698. The zero-order valence-electron chi connectivity index (χ0n) is 13.2. The molecule has 8 heteroatoms. The third-order valence-corrected chi connectivity index (χ3v) is 4.75. The van der Waals surface area contributed by atoms with Crippen LogP contribution in [-0.4, -0.2) is 19.8 Å². The van der Waals surface area contributed by atoms with Crippen LogP contribution in [0.2, 0.25) is 0 Å². The molecule has 0 spiro atoms. The number of nitrogens with zero attached hydrogens (tertiary/aromatic N) is 1. The number of halogens is 3. The molecule has 3 rings (SSSR count). The van der Waals surface area contributed by atoms with Crippen LogP contribution in [0.3, 0.4) is 0 Å². The summed E-state index contributed by atoms with van der Waals surface area (Å²) in [5.41, 5.74) is 0.853. The number of benzene rings is 2. The first kappa shape index (κ1) is 17.2. The van der Waals surface area contributed by atoms with E-state index in [1.54, 1.807) is 6.07 Å². The van der Waals surface area contributed by atoms with Crippen molar-refractivity contribution in [2.45, 2.75) is 11.8 Å². The SMILES string of the molecule is Cc1onc(-c2cccc(F)c2)c1-c1cc(F)c(S(C)(=O)=O)c(F)c1. The largest absolute Gasteiger partial charge is 0.360 e. The molecule has 3 aromatic rings. The first-order valence-corrected chi connectivity index (χ1v) is 8.99. The molecule has 0 saturated carbocycles. The highest BCUT2D eigenvalue weighted by molar-refractivity contribution is 7.90. The molecule has 0 unspecified atom stereocenters. The third kappa shape index (κ3) is 3.17. The van der Waals surface area contributed by atoms with Crippen molar-refractivity contribution in [3.8, 4) is 22.4 Å². The van der Waals surface area contributed by atoms with E-state index < -0.39 is 32.2 Å². The van der Waals surface area contributed by atoms with Gasteiger partial charge < -0.3 is 4.52 Å². The zero-order valence-corrected chi connectivity index (χ0v) is 14.0. The Labute approximate surface area is 141 Å². The van der Waals surface area contributed by atoms with E-state index in [1.807, 2.05) is 0 Å². The van der Waals surface area contributed by atoms with Gasteiger partial charge in [-0.2, -0.15) is 0 Å². The summed E-state index contributed by atoms with van der Waals surface area (Å²) in [5.74, 6) is -2.69. The van der Waals surface area contributed by atoms with Gasteiger partial charge in [0.2, 0.25) is 0 Å². The van der Waals surface area contributed by atoms with E-state index in [2.05, 4.69) is 5.16 Å². The summed E-state index contributed by atoms with van der Waals surface area (Å²) in [6, 6.07) is 7.27. The fraction of sp³-hybridized carbons (Fsp3) is 0.118. The van der Waals surface area contributed by atoms with E-state index in [4.69, 9.17) is 4.52 Å². The summed E-state index contributed by atoms with van der Waals surface area (Å²) < 4.78 is 70.0. The molecule has 1 heterocycles. The number of sulfone groups is 1. The fourth-order valence-corrected chi connectivity index (χ4v) is 3.43. The molecule has 1 aromatic heterocycles. The van der Waals surface area contributed by atoms with Gasteiger partial charge in [-0.3, -0.25) is 0 Å². The van der Waals surface area contributed by atoms with Gasteiger partial charge in [-0.05, 0) is 36.8 Å². The normalized spacial score (nSPS) is 11.7. The zero-order chi connectivity index (χ0) is 18.4. The highest BCUT2D eigenvalue weighted by atomic mass is 32.2. The minimum Gasteiger partial charge on any atom is -0.360 e. The van der Waals surface area contributed by atoms with E-state index in [0.29, 0.717) is 5.56 Å². The Bertz CT molecular complexity index is 1050. The molecular weight excluding hydrogens is 355 g/mol. The molecule has 0 saturated heterocycles. The first-order valence-electron chi connectivity index (χ1n) is 7.10. The van der Waals surface area contributed by atoms with Crippen molar-refractivity contribution in [1.82, 2.24) is 5.16 Å². The molecule has 0 fully saturated rings. The molecule has 2 aromatic carbocycles. The molecule has 130 valence electrons. The molecular formula is C17H12F3NO3S. The summed E-state index contributed by atoms with van der Waals surface area (Å²) in [4.78, 5) is -1.00. The lowest BCUT2D eigenvalue weighted by Crippen LogP contribution is -2.05. The van der Waals surface area contributed by atoms with Crippen molar-refractivity contribution < 1.29 is 26.1 Å². The predicted molar refractivity (Wildman–Crippen MR) is 85.1 cm³/mol.